The Balaban J connectivity index is 0.000000921. The number of aromatic nitrogens is 3. The smallest absolute Gasteiger partial charge is 0.232 e. The topological polar surface area (TPSA) is 53.9 Å². The van der Waals surface area contributed by atoms with Crippen LogP contribution < -0.4 is 10.2 Å². The second kappa shape index (κ2) is 10.6. The van der Waals surface area contributed by atoms with E-state index in [-0.39, 0.29) is 0 Å². The van der Waals surface area contributed by atoms with Gasteiger partial charge >= 0.3 is 0 Å². The van der Waals surface area contributed by atoms with Crippen LogP contribution in [0.1, 0.15) is 33.5 Å². The van der Waals surface area contributed by atoms with Crippen LogP contribution in [0.2, 0.25) is 0 Å². The molecule has 0 aliphatic carbocycles. The molecule has 1 aromatic heterocycles. The van der Waals surface area contributed by atoms with Gasteiger partial charge in [0.25, 0.3) is 0 Å². The number of nitrogens with zero attached hydrogens (tertiary/aromatic N) is 4. The minimum absolute atomic E-state index is 0.562. The average Bonchev–Trinajstić information content (AvgIpc) is 2.51. The van der Waals surface area contributed by atoms with Gasteiger partial charge in [-0.15, -0.1) is 0 Å². The van der Waals surface area contributed by atoms with Gasteiger partial charge < -0.3 is 10.2 Å². The van der Waals surface area contributed by atoms with E-state index in [1.807, 2.05) is 83.9 Å². The molecule has 0 atom stereocenters. The second-order valence-corrected chi connectivity index (χ2v) is 3.89. The maximum Gasteiger partial charge on any atom is 0.232 e. The maximum absolute atomic E-state index is 4.32. The summed E-state index contributed by atoms with van der Waals surface area (Å²) in [7, 11) is 3.81. The largest absolute Gasteiger partial charge is 0.347 e. The van der Waals surface area contributed by atoms with Crippen molar-refractivity contribution >= 4 is 17.6 Å². The summed E-state index contributed by atoms with van der Waals surface area (Å²) in [6, 6.07) is 9.82. The Kier molecular flexibility index (Phi) is 9.50. The van der Waals surface area contributed by atoms with Gasteiger partial charge in [0.2, 0.25) is 11.9 Å². The molecule has 0 aliphatic rings. The van der Waals surface area contributed by atoms with E-state index in [0.717, 1.165) is 5.69 Å². The lowest BCUT2D eigenvalue weighted by Crippen LogP contribution is -2.15. The first-order chi connectivity index (χ1) is 10.1. The molecule has 2 rings (SSSR count). The van der Waals surface area contributed by atoms with Crippen molar-refractivity contribution in [1.29, 1.82) is 0 Å². The first-order valence-corrected chi connectivity index (χ1v) is 7.37. The SMILES string of the molecule is CC.CC.Cc1nc(Nc2ccccc2)nc(N(C)C)n1. The summed E-state index contributed by atoms with van der Waals surface area (Å²) < 4.78 is 0. The Labute approximate surface area is 128 Å². The van der Waals surface area contributed by atoms with Crippen LogP contribution in [-0.2, 0) is 0 Å². The molecule has 0 bridgehead atoms. The molecule has 116 valence electrons. The molecular formula is C16H27N5. The summed E-state index contributed by atoms with van der Waals surface area (Å²) in [5.74, 6) is 1.91. The van der Waals surface area contributed by atoms with Crippen LogP contribution in [0.3, 0.4) is 0 Å². The Morgan fingerprint density at radius 3 is 1.95 bits per heavy atom. The third-order valence-corrected chi connectivity index (χ3v) is 2.17. The maximum atomic E-state index is 4.32. The molecular weight excluding hydrogens is 262 g/mol. The van der Waals surface area contributed by atoms with E-state index < -0.39 is 0 Å². The quantitative estimate of drug-likeness (QED) is 0.924. The molecule has 0 fully saturated rings. The summed E-state index contributed by atoms with van der Waals surface area (Å²) in [5.41, 5.74) is 0.961. The number of para-hydroxylation sites is 1. The molecule has 21 heavy (non-hydrogen) atoms. The van der Waals surface area contributed by atoms with Crippen molar-refractivity contribution in [2.45, 2.75) is 34.6 Å². The van der Waals surface area contributed by atoms with Gasteiger partial charge in [-0.25, -0.2) is 0 Å². The van der Waals surface area contributed by atoms with Gasteiger partial charge in [0.15, 0.2) is 0 Å². The van der Waals surface area contributed by atoms with E-state index in [1.165, 1.54) is 0 Å². The van der Waals surface area contributed by atoms with Crippen LogP contribution in [0.25, 0.3) is 0 Å². The average molecular weight is 289 g/mol. The molecule has 1 aromatic carbocycles. The lowest BCUT2D eigenvalue weighted by atomic mass is 10.3. The standard InChI is InChI=1S/C12H15N5.2C2H6/c1-9-13-11(16-12(14-9)17(2)3)15-10-7-5-4-6-8-10;2*1-2/h4-8H,1-3H3,(H,13,14,15,16);2*1-2H3. The van der Waals surface area contributed by atoms with E-state index in [1.54, 1.807) is 0 Å². The molecule has 0 spiro atoms. The van der Waals surface area contributed by atoms with Gasteiger partial charge in [-0.05, 0) is 19.1 Å². The molecule has 0 saturated carbocycles. The monoisotopic (exact) mass is 289 g/mol. The summed E-state index contributed by atoms with van der Waals surface area (Å²) in [5, 5.41) is 3.15. The highest BCUT2D eigenvalue weighted by atomic mass is 15.3. The van der Waals surface area contributed by atoms with E-state index in [4.69, 9.17) is 0 Å². The number of rotatable bonds is 3. The fraction of sp³-hybridized carbons (Fsp3) is 0.438. The number of hydrogen-bond acceptors (Lipinski definition) is 5. The molecule has 0 amide bonds. The summed E-state index contributed by atoms with van der Waals surface area (Å²) >= 11 is 0. The summed E-state index contributed by atoms with van der Waals surface area (Å²) in [4.78, 5) is 14.7. The number of anilines is 3. The molecule has 1 N–H and O–H groups in total. The van der Waals surface area contributed by atoms with Crippen molar-refractivity contribution in [2.24, 2.45) is 0 Å². The molecule has 5 heteroatoms. The fourth-order valence-electron chi connectivity index (χ4n) is 1.37. The zero-order chi connectivity index (χ0) is 16.3. The highest BCUT2D eigenvalue weighted by molar-refractivity contribution is 5.53. The van der Waals surface area contributed by atoms with Crippen molar-refractivity contribution in [3.8, 4) is 0 Å². The zero-order valence-electron chi connectivity index (χ0n) is 14.2. The second-order valence-electron chi connectivity index (χ2n) is 3.89. The van der Waals surface area contributed by atoms with Crippen LogP contribution in [0.4, 0.5) is 17.6 Å². The van der Waals surface area contributed by atoms with Crippen molar-refractivity contribution < 1.29 is 0 Å². The molecule has 5 nitrogen and oxygen atoms in total. The van der Waals surface area contributed by atoms with Gasteiger partial charge in [0.1, 0.15) is 5.82 Å². The highest BCUT2D eigenvalue weighted by Gasteiger charge is 2.05. The predicted octanol–water partition coefficient (Wildman–Crippen LogP) is 4.04. The minimum atomic E-state index is 0.562. The lowest BCUT2D eigenvalue weighted by molar-refractivity contribution is 0.923. The number of benzene rings is 1. The van der Waals surface area contributed by atoms with Gasteiger partial charge in [0, 0.05) is 19.8 Å². The van der Waals surface area contributed by atoms with Crippen molar-refractivity contribution in [2.75, 3.05) is 24.3 Å². The predicted molar refractivity (Wildman–Crippen MR) is 91.3 cm³/mol. The van der Waals surface area contributed by atoms with E-state index in [2.05, 4.69) is 20.3 Å². The normalized spacial score (nSPS) is 8.71. The Morgan fingerprint density at radius 1 is 0.857 bits per heavy atom. The highest BCUT2D eigenvalue weighted by Crippen LogP contribution is 2.14. The van der Waals surface area contributed by atoms with E-state index >= 15 is 0 Å². The first-order valence-electron chi connectivity index (χ1n) is 7.37. The van der Waals surface area contributed by atoms with Crippen molar-refractivity contribution in [3.63, 3.8) is 0 Å². The first kappa shape index (κ1) is 18.8. The van der Waals surface area contributed by atoms with Gasteiger partial charge in [-0.2, -0.15) is 15.0 Å². The van der Waals surface area contributed by atoms with Gasteiger partial charge in [-0.3, -0.25) is 0 Å². The zero-order valence-corrected chi connectivity index (χ0v) is 14.2. The molecule has 2 aromatic rings. The number of aryl methyl sites for hydroxylation is 1. The van der Waals surface area contributed by atoms with Crippen LogP contribution in [0, 0.1) is 6.92 Å². The van der Waals surface area contributed by atoms with Crippen molar-refractivity contribution in [1.82, 2.24) is 15.0 Å². The number of hydrogen-bond donors (Lipinski definition) is 1. The fourth-order valence-corrected chi connectivity index (χ4v) is 1.37. The lowest BCUT2D eigenvalue weighted by Gasteiger charge is -2.12. The van der Waals surface area contributed by atoms with Gasteiger partial charge in [-0.1, -0.05) is 45.9 Å². The Hall–Kier alpha value is -2.17. The Bertz CT molecular complexity index is 497. The van der Waals surface area contributed by atoms with Crippen LogP contribution >= 0.6 is 0 Å². The molecule has 0 unspecified atom stereocenters. The Morgan fingerprint density at radius 2 is 1.43 bits per heavy atom. The van der Waals surface area contributed by atoms with Crippen LogP contribution in [0.15, 0.2) is 30.3 Å². The van der Waals surface area contributed by atoms with E-state index in [0.29, 0.717) is 17.7 Å². The molecule has 0 radical (unpaired) electrons. The molecule has 0 aliphatic heterocycles. The van der Waals surface area contributed by atoms with Crippen molar-refractivity contribution in [3.05, 3.63) is 36.2 Å². The van der Waals surface area contributed by atoms with Crippen LogP contribution in [-0.4, -0.2) is 29.0 Å². The molecule has 0 saturated heterocycles. The third-order valence-electron chi connectivity index (χ3n) is 2.17. The van der Waals surface area contributed by atoms with Gasteiger partial charge in [0.05, 0.1) is 0 Å². The van der Waals surface area contributed by atoms with Crippen LogP contribution in [0.5, 0.6) is 0 Å². The molecule has 1 heterocycles. The van der Waals surface area contributed by atoms with E-state index in [9.17, 15) is 0 Å². The summed E-state index contributed by atoms with van der Waals surface area (Å²) in [6.45, 7) is 9.85. The minimum Gasteiger partial charge on any atom is -0.347 e. The summed E-state index contributed by atoms with van der Waals surface area (Å²) in [6.07, 6.45) is 0. The third kappa shape index (κ3) is 6.70. The number of nitrogens with one attached hydrogen (secondary N) is 1.